The molecule has 0 aromatic carbocycles. The highest BCUT2D eigenvalue weighted by molar-refractivity contribution is 5.13. The van der Waals surface area contributed by atoms with Gasteiger partial charge in [0, 0.05) is 39.8 Å². The van der Waals surface area contributed by atoms with Gasteiger partial charge in [-0.1, -0.05) is 5.21 Å². The molecule has 2 heterocycles. The molecule has 1 aromatic rings. The molecule has 0 bridgehead atoms. The number of nitrogens with zero attached hydrogens (tertiary/aromatic N) is 3. The maximum atomic E-state index is 5.02. The highest BCUT2D eigenvalue weighted by Crippen LogP contribution is 2.10. The highest BCUT2D eigenvalue weighted by Gasteiger charge is 2.15. The molecule has 0 saturated heterocycles. The van der Waals surface area contributed by atoms with Crippen molar-refractivity contribution in [2.75, 3.05) is 20.3 Å². The molecule has 5 nitrogen and oxygen atoms in total. The summed E-state index contributed by atoms with van der Waals surface area (Å²) >= 11 is 0. The van der Waals surface area contributed by atoms with E-state index in [0.717, 1.165) is 51.2 Å². The van der Waals surface area contributed by atoms with Gasteiger partial charge < -0.3 is 10.1 Å². The van der Waals surface area contributed by atoms with Gasteiger partial charge in [0.1, 0.15) is 0 Å². The predicted octanol–water partition coefficient (Wildman–Crippen LogP) is 0.350. The zero-order chi connectivity index (χ0) is 10.5. The minimum absolute atomic E-state index is 0.832. The molecule has 0 radical (unpaired) electrons. The van der Waals surface area contributed by atoms with Crippen molar-refractivity contribution in [2.24, 2.45) is 0 Å². The van der Waals surface area contributed by atoms with Gasteiger partial charge in [0.15, 0.2) is 0 Å². The number of aryl methyl sites for hydroxylation is 1. The smallest absolute Gasteiger partial charge is 0.0997 e. The third kappa shape index (κ3) is 2.54. The van der Waals surface area contributed by atoms with Gasteiger partial charge in [-0.2, -0.15) is 0 Å². The lowest BCUT2D eigenvalue weighted by atomic mass is 10.2. The van der Waals surface area contributed by atoms with Crippen LogP contribution in [0.2, 0.25) is 0 Å². The maximum absolute atomic E-state index is 5.02. The van der Waals surface area contributed by atoms with Crippen LogP contribution in [0.15, 0.2) is 0 Å². The maximum Gasteiger partial charge on any atom is 0.0997 e. The first-order valence-electron chi connectivity index (χ1n) is 5.52. The standard InChI is InChI=1S/C10H18N4O/c1-15-7-3-2-6-14-10-4-5-11-8-9(10)12-13-14/h11H,2-8H2,1H3. The van der Waals surface area contributed by atoms with E-state index in [1.165, 1.54) is 5.69 Å². The van der Waals surface area contributed by atoms with Crippen molar-refractivity contribution in [2.45, 2.75) is 32.4 Å². The van der Waals surface area contributed by atoms with Gasteiger partial charge in [0.2, 0.25) is 0 Å². The minimum atomic E-state index is 0.832. The van der Waals surface area contributed by atoms with E-state index in [9.17, 15) is 0 Å². The fourth-order valence-electron chi connectivity index (χ4n) is 1.88. The summed E-state index contributed by atoms with van der Waals surface area (Å²) in [6, 6.07) is 0. The van der Waals surface area contributed by atoms with E-state index in [1.54, 1.807) is 7.11 Å². The first kappa shape index (κ1) is 10.6. The summed E-state index contributed by atoms with van der Waals surface area (Å²) < 4.78 is 7.07. The van der Waals surface area contributed by atoms with E-state index in [-0.39, 0.29) is 0 Å². The number of fused-ring (bicyclic) bond motifs is 1. The fraction of sp³-hybridized carbons (Fsp3) is 0.800. The van der Waals surface area contributed by atoms with Crippen molar-refractivity contribution in [3.05, 3.63) is 11.4 Å². The summed E-state index contributed by atoms with van der Waals surface area (Å²) in [6.07, 6.45) is 3.24. The van der Waals surface area contributed by atoms with E-state index in [0.29, 0.717) is 0 Å². The van der Waals surface area contributed by atoms with Crippen molar-refractivity contribution >= 4 is 0 Å². The SMILES string of the molecule is COCCCCn1nnc2c1CCNC2. The van der Waals surface area contributed by atoms with E-state index < -0.39 is 0 Å². The average Bonchev–Trinajstić information content (AvgIpc) is 2.68. The second-order valence-corrected chi connectivity index (χ2v) is 3.83. The summed E-state index contributed by atoms with van der Waals surface area (Å²) in [4.78, 5) is 0. The molecule has 15 heavy (non-hydrogen) atoms. The van der Waals surface area contributed by atoms with E-state index in [4.69, 9.17) is 4.74 Å². The number of ether oxygens (including phenoxy) is 1. The Hall–Kier alpha value is -0.940. The van der Waals surface area contributed by atoms with Gasteiger partial charge in [-0.25, -0.2) is 4.68 Å². The summed E-state index contributed by atoms with van der Waals surface area (Å²) in [5, 5.41) is 11.7. The van der Waals surface area contributed by atoms with Gasteiger partial charge in [-0.15, -0.1) is 5.10 Å². The minimum Gasteiger partial charge on any atom is -0.385 e. The largest absolute Gasteiger partial charge is 0.385 e. The number of hydrogen-bond acceptors (Lipinski definition) is 4. The zero-order valence-electron chi connectivity index (χ0n) is 9.20. The van der Waals surface area contributed by atoms with Crippen molar-refractivity contribution in [1.29, 1.82) is 0 Å². The highest BCUT2D eigenvalue weighted by atomic mass is 16.5. The van der Waals surface area contributed by atoms with Crippen LogP contribution in [0.25, 0.3) is 0 Å². The van der Waals surface area contributed by atoms with Crippen LogP contribution < -0.4 is 5.32 Å². The number of aromatic nitrogens is 3. The van der Waals surface area contributed by atoms with E-state index in [1.807, 2.05) is 4.68 Å². The van der Waals surface area contributed by atoms with Crippen LogP contribution in [0.4, 0.5) is 0 Å². The molecule has 2 rings (SSSR count). The van der Waals surface area contributed by atoms with Crippen LogP contribution in [-0.4, -0.2) is 35.3 Å². The van der Waals surface area contributed by atoms with Gasteiger partial charge in [-0.3, -0.25) is 0 Å². The molecule has 1 N–H and O–H groups in total. The second kappa shape index (κ2) is 5.23. The summed E-state index contributed by atoms with van der Waals surface area (Å²) in [5.74, 6) is 0. The molecule has 1 aromatic heterocycles. The van der Waals surface area contributed by atoms with Crippen LogP contribution in [0.1, 0.15) is 24.2 Å². The second-order valence-electron chi connectivity index (χ2n) is 3.83. The molecule has 1 aliphatic heterocycles. The predicted molar refractivity (Wildman–Crippen MR) is 56.5 cm³/mol. The Kier molecular flexibility index (Phi) is 3.69. The Morgan fingerprint density at radius 1 is 1.47 bits per heavy atom. The zero-order valence-corrected chi connectivity index (χ0v) is 9.20. The molecule has 0 atom stereocenters. The van der Waals surface area contributed by atoms with Crippen LogP contribution in [0, 0.1) is 0 Å². The van der Waals surface area contributed by atoms with Crippen LogP contribution >= 0.6 is 0 Å². The van der Waals surface area contributed by atoms with Crippen molar-refractivity contribution < 1.29 is 4.74 Å². The van der Waals surface area contributed by atoms with Crippen molar-refractivity contribution in [3.63, 3.8) is 0 Å². The van der Waals surface area contributed by atoms with Crippen LogP contribution in [0.3, 0.4) is 0 Å². The first-order valence-corrected chi connectivity index (χ1v) is 5.52. The summed E-state index contributed by atoms with van der Waals surface area (Å²) in [5.41, 5.74) is 2.43. The molecular weight excluding hydrogens is 192 g/mol. The average molecular weight is 210 g/mol. The van der Waals surface area contributed by atoms with Crippen LogP contribution in [-0.2, 0) is 24.2 Å². The fourth-order valence-corrected chi connectivity index (χ4v) is 1.88. The quantitative estimate of drug-likeness (QED) is 0.712. The van der Waals surface area contributed by atoms with E-state index in [2.05, 4.69) is 15.6 Å². The Labute approximate surface area is 89.8 Å². The monoisotopic (exact) mass is 210 g/mol. The normalized spacial score (nSPS) is 15.3. The summed E-state index contributed by atoms with van der Waals surface area (Å²) in [6.45, 7) is 3.70. The lowest BCUT2D eigenvalue weighted by Crippen LogP contribution is -2.25. The lowest BCUT2D eigenvalue weighted by molar-refractivity contribution is 0.190. The van der Waals surface area contributed by atoms with Gasteiger partial charge in [0.25, 0.3) is 0 Å². The topological polar surface area (TPSA) is 52.0 Å². The molecule has 0 fully saturated rings. The first-order chi connectivity index (χ1) is 7.42. The molecule has 5 heteroatoms. The third-order valence-electron chi connectivity index (χ3n) is 2.72. The molecule has 0 spiro atoms. The molecule has 0 saturated carbocycles. The van der Waals surface area contributed by atoms with E-state index >= 15 is 0 Å². The molecule has 0 amide bonds. The third-order valence-corrected chi connectivity index (χ3v) is 2.72. The molecule has 0 aliphatic carbocycles. The molecular formula is C10H18N4O. The summed E-state index contributed by atoms with van der Waals surface area (Å²) in [7, 11) is 1.74. The van der Waals surface area contributed by atoms with Gasteiger partial charge in [-0.05, 0) is 12.8 Å². The number of rotatable bonds is 5. The lowest BCUT2D eigenvalue weighted by Gasteiger charge is -2.13. The Bertz CT molecular complexity index is 310. The van der Waals surface area contributed by atoms with Gasteiger partial charge in [0.05, 0.1) is 11.4 Å². The number of methoxy groups -OCH3 is 1. The van der Waals surface area contributed by atoms with Crippen molar-refractivity contribution in [1.82, 2.24) is 20.3 Å². The number of unbranched alkanes of at least 4 members (excludes halogenated alkanes) is 1. The molecule has 0 unspecified atom stereocenters. The Balaban J connectivity index is 1.88. The van der Waals surface area contributed by atoms with Crippen LogP contribution in [0.5, 0.6) is 0 Å². The number of nitrogens with one attached hydrogen (secondary N) is 1. The molecule has 84 valence electrons. The number of hydrogen-bond donors (Lipinski definition) is 1. The Morgan fingerprint density at radius 2 is 2.40 bits per heavy atom. The van der Waals surface area contributed by atoms with Crippen molar-refractivity contribution in [3.8, 4) is 0 Å². The van der Waals surface area contributed by atoms with Gasteiger partial charge >= 0.3 is 0 Å². The Morgan fingerprint density at radius 3 is 3.27 bits per heavy atom. The molecule has 1 aliphatic rings.